The normalized spacial score (nSPS) is 23.9. The Morgan fingerprint density at radius 1 is 1.15 bits per heavy atom. The lowest BCUT2D eigenvalue weighted by atomic mass is 9.74. The molecule has 2 atom stereocenters. The molecule has 0 aromatic carbocycles. The minimum atomic E-state index is -2.60. The molecule has 182 valence electrons. The summed E-state index contributed by atoms with van der Waals surface area (Å²) in [5.74, 6) is -0.0590. The number of rotatable bonds is 7. The van der Waals surface area contributed by atoms with Crippen LogP contribution in [0.1, 0.15) is 65.4 Å². The molecule has 1 saturated heterocycles. The lowest BCUT2D eigenvalue weighted by Crippen LogP contribution is -2.35. The minimum absolute atomic E-state index is 0.0982. The van der Waals surface area contributed by atoms with Gasteiger partial charge in [-0.2, -0.15) is 0 Å². The van der Waals surface area contributed by atoms with Gasteiger partial charge >= 0.3 is 0 Å². The van der Waals surface area contributed by atoms with Gasteiger partial charge in [-0.25, -0.2) is 8.78 Å². The van der Waals surface area contributed by atoms with E-state index >= 15 is 0 Å². The molecule has 34 heavy (non-hydrogen) atoms. The Labute approximate surface area is 204 Å². The SMILES string of the molecule is CCC(F)(F)C1C=CC(/C(C)=N/C(CN2CCC(C3=CBc4ccncc43)CC2)=C(C)C)CC1. The molecule has 6 heteroatoms. The van der Waals surface area contributed by atoms with Crippen LogP contribution in [0.3, 0.4) is 0 Å². The zero-order valence-corrected chi connectivity index (χ0v) is 21.2. The molecule has 0 radical (unpaired) electrons. The number of fused-ring (bicyclic) bond motifs is 1. The van der Waals surface area contributed by atoms with E-state index in [1.165, 1.54) is 22.2 Å². The summed E-state index contributed by atoms with van der Waals surface area (Å²) in [4.78, 5) is 11.9. The number of nitrogens with zero attached hydrogens (tertiary/aromatic N) is 3. The molecule has 2 aliphatic heterocycles. The van der Waals surface area contributed by atoms with Crippen LogP contribution in [0, 0.1) is 17.8 Å². The van der Waals surface area contributed by atoms with Crippen molar-refractivity contribution in [3.8, 4) is 0 Å². The first-order valence-electron chi connectivity index (χ1n) is 12.9. The van der Waals surface area contributed by atoms with Crippen molar-refractivity contribution in [2.45, 2.75) is 65.7 Å². The van der Waals surface area contributed by atoms with Gasteiger partial charge in [0.2, 0.25) is 0 Å². The third kappa shape index (κ3) is 5.59. The van der Waals surface area contributed by atoms with Crippen LogP contribution in [0.15, 0.2) is 52.9 Å². The van der Waals surface area contributed by atoms with E-state index in [-0.39, 0.29) is 12.3 Å². The number of likely N-dealkylation sites (tertiary alicyclic amines) is 1. The molecule has 0 spiro atoms. The highest BCUT2D eigenvalue weighted by Gasteiger charge is 2.37. The van der Waals surface area contributed by atoms with Crippen LogP contribution in [0.2, 0.25) is 0 Å². The summed E-state index contributed by atoms with van der Waals surface area (Å²) in [7, 11) is 1.04. The number of piperidine rings is 1. The van der Waals surface area contributed by atoms with Crippen LogP contribution in [0.5, 0.6) is 0 Å². The fourth-order valence-electron chi connectivity index (χ4n) is 5.57. The quantitative estimate of drug-likeness (QED) is 0.298. The van der Waals surface area contributed by atoms with E-state index in [1.54, 1.807) is 13.0 Å². The maximum atomic E-state index is 14.0. The summed E-state index contributed by atoms with van der Waals surface area (Å²) in [6.07, 6.45) is 11.1. The van der Waals surface area contributed by atoms with Gasteiger partial charge in [0.05, 0.1) is 5.70 Å². The first kappa shape index (κ1) is 25.0. The molecule has 0 amide bonds. The van der Waals surface area contributed by atoms with E-state index in [9.17, 15) is 8.78 Å². The Bertz CT molecular complexity index is 999. The first-order chi connectivity index (χ1) is 16.3. The van der Waals surface area contributed by atoms with E-state index in [4.69, 9.17) is 4.99 Å². The van der Waals surface area contributed by atoms with Crippen LogP contribution in [0.25, 0.3) is 5.57 Å². The Balaban J connectivity index is 1.34. The van der Waals surface area contributed by atoms with E-state index in [1.807, 2.05) is 18.5 Å². The molecule has 1 aromatic heterocycles. The predicted octanol–water partition coefficient (Wildman–Crippen LogP) is 5.59. The maximum absolute atomic E-state index is 14.0. The molecule has 0 saturated carbocycles. The van der Waals surface area contributed by atoms with Gasteiger partial charge in [0.25, 0.3) is 5.92 Å². The first-order valence-corrected chi connectivity index (χ1v) is 12.9. The van der Waals surface area contributed by atoms with Crippen LogP contribution in [-0.2, 0) is 0 Å². The smallest absolute Gasteiger partial charge is 0.254 e. The Morgan fingerprint density at radius 3 is 2.56 bits per heavy atom. The number of allylic oxidation sites excluding steroid dienone is 4. The number of alkyl halides is 2. The molecule has 0 N–H and O–H groups in total. The molecule has 3 aliphatic rings. The van der Waals surface area contributed by atoms with E-state index < -0.39 is 11.8 Å². The maximum Gasteiger partial charge on any atom is 0.254 e. The van der Waals surface area contributed by atoms with Crippen molar-refractivity contribution in [1.82, 2.24) is 9.88 Å². The second-order valence-corrected chi connectivity index (χ2v) is 10.4. The van der Waals surface area contributed by atoms with Crippen molar-refractivity contribution < 1.29 is 8.78 Å². The Morgan fingerprint density at radius 2 is 1.91 bits per heavy atom. The molecule has 2 unspecified atom stereocenters. The average Bonchev–Trinajstić information content (AvgIpc) is 3.28. The van der Waals surface area contributed by atoms with Crippen LogP contribution < -0.4 is 5.46 Å². The number of hydrogen-bond donors (Lipinski definition) is 0. The largest absolute Gasteiger partial charge is 0.297 e. The van der Waals surface area contributed by atoms with Gasteiger partial charge in [-0.05, 0) is 82.7 Å². The summed E-state index contributed by atoms with van der Waals surface area (Å²) in [5, 5.41) is 0. The summed E-state index contributed by atoms with van der Waals surface area (Å²) in [5.41, 5.74) is 7.65. The summed E-state index contributed by atoms with van der Waals surface area (Å²) in [6, 6.07) is 2.15. The molecule has 1 fully saturated rings. The van der Waals surface area contributed by atoms with Crippen molar-refractivity contribution >= 4 is 24.0 Å². The molecule has 3 heterocycles. The van der Waals surface area contributed by atoms with Crippen molar-refractivity contribution in [1.29, 1.82) is 0 Å². The lowest BCUT2D eigenvalue weighted by molar-refractivity contribution is -0.0487. The van der Waals surface area contributed by atoms with Gasteiger partial charge < -0.3 is 0 Å². The highest BCUT2D eigenvalue weighted by Crippen LogP contribution is 2.37. The zero-order valence-electron chi connectivity index (χ0n) is 21.2. The van der Waals surface area contributed by atoms with E-state index in [2.05, 4.69) is 42.7 Å². The number of halogens is 2. The van der Waals surface area contributed by atoms with Gasteiger partial charge in [-0.15, -0.1) is 5.98 Å². The number of aliphatic imine (C=N–C) groups is 1. The van der Waals surface area contributed by atoms with Crippen molar-refractivity contribution in [2.75, 3.05) is 19.6 Å². The zero-order chi connectivity index (χ0) is 24.3. The van der Waals surface area contributed by atoms with Crippen molar-refractivity contribution in [3.63, 3.8) is 0 Å². The molecular weight excluding hydrogens is 427 g/mol. The fraction of sp³-hybridized carbons (Fsp3) is 0.571. The summed E-state index contributed by atoms with van der Waals surface area (Å²) < 4.78 is 28.1. The van der Waals surface area contributed by atoms with Crippen molar-refractivity contribution in [3.05, 3.63) is 53.4 Å². The highest BCUT2D eigenvalue weighted by molar-refractivity contribution is 6.63. The number of pyridine rings is 1. The van der Waals surface area contributed by atoms with Crippen LogP contribution >= 0.6 is 0 Å². The van der Waals surface area contributed by atoms with Crippen LogP contribution in [0.4, 0.5) is 8.78 Å². The van der Waals surface area contributed by atoms with Gasteiger partial charge in [-0.1, -0.05) is 30.1 Å². The van der Waals surface area contributed by atoms with Gasteiger partial charge in [0.1, 0.15) is 0 Å². The minimum Gasteiger partial charge on any atom is -0.297 e. The molecule has 1 aliphatic carbocycles. The number of aromatic nitrogens is 1. The van der Waals surface area contributed by atoms with Gasteiger partial charge in [-0.3, -0.25) is 14.9 Å². The average molecular weight is 465 g/mol. The Kier molecular flexibility index (Phi) is 7.86. The Hall–Kier alpha value is -2.08. The van der Waals surface area contributed by atoms with Gasteiger partial charge in [0.15, 0.2) is 7.28 Å². The molecule has 3 nitrogen and oxygen atoms in total. The third-order valence-corrected chi connectivity index (χ3v) is 7.97. The van der Waals surface area contributed by atoms with E-state index in [0.717, 1.165) is 57.6 Å². The molecule has 0 bridgehead atoms. The van der Waals surface area contributed by atoms with Gasteiger partial charge in [0, 0.05) is 42.9 Å². The van der Waals surface area contributed by atoms with Crippen LogP contribution in [-0.4, -0.2) is 48.4 Å². The second-order valence-electron chi connectivity index (χ2n) is 10.4. The second kappa shape index (κ2) is 10.7. The standard InChI is InChI=1S/C28H38BF2N3/c1-5-28(30,31)23-8-6-21(7-9-23)20(4)33-27(19(2)3)18-34-14-11-22(12-15-34)24-16-29-26-10-13-32-17-25(24)26/h6,8,10,13,16-17,21-23,29H,5,7,9,11-12,14-15,18H2,1-4H3/b33-20+. The van der Waals surface area contributed by atoms with E-state index in [0.29, 0.717) is 12.3 Å². The summed E-state index contributed by atoms with van der Waals surface area (Å²) >= 11 is 0. The number of hydrogen-bond acceptors (Lipinski definition) is 3. The topological polar surface area (TPSA) is 28.5 Å². The van der Waals surface area contributed by atoms with Crippen molar-refractivity contribution in [2.24, 2.45) is 22.7 Å². The third-order valence-electron chi connectivity index (χ3n) is 7.97. The summed E-state index contributed by atoms with van der Waals surface area (Å²) in [6.45, 7) is 10.9. The predicted molar refractivity (Wildman–Crippen MR) is 140 cm³/mol. The monoisotopic (exact) mass is 465 g/mol. The molecule has 4 rings (SSSR count). The lowest BCUT2D eigenvalue weighted by Gasteiger charge is -2.33. The molecular formula is C28H38BF2N3. The highest BCUT2D eigenvalue weighted by atomic mass is 19.3. The molecule has 1 aromatic rings. The fourth-order valence-corrected chi connectivity index (χ4v) is 5.57.